The highest BCUT2D eigenvalue weighted by molar-refractivity contribution is 7.89. The second-order valence-corrected chi connectivity index (χ2v) is 7.59. The number of imidazole rings is 1. The van der Waals surface area contributed by atoms with E-state index >= 15 is 0 Å². The van der Waals surface area contributed by atoms with Gasteiger partial charge >= 0.3 is 6.01 Å². The van der Waals surface area contributed by atoms with E-state index in [2.05, 4.69) is 15.0 Å². The molecule has 23 heavy (non-hydrogen) atoms. The molecule has 0 amide bonds. The number of nitrogens with zero attached hydrogens (tertiary/aromatic N) is 5. The molecule has 0 bridgehead atoms. The minimum Gasteiger partial charge on any atom is -0.459 e. The molecule has 2 aromatic heterocycles. The standard InChI is InChI=1S/C14H19N5O3S/c1-10-6-11(2)17-14(16-10)22-12-4-5-19(7-12)23(20,21)13-8-18(3)9-15-13/h6,8-9,12H,4-5,7H2,1-3H3/t12-/m1/s1. The van der Waals surface area contributed by atoms with Crippen molar-refractivity contribution < 1.29 is 13.2 Å². The fourth-order valence-electron chi connectivity index (χ4n) is 2.56. The third-order valence-corrected chi connectivity index (χ3v) is 5.38. The maximum atomic E-state index is 12.5. The molecule has 0 spiro atoms. The lowest BCUT2D eigenvalue weighted by molar-refractivity contribution is 0.197. The van der Waals surface area contributed by atoms with E-state index in [1.807, 2.05) is 19.9 Å². The fraction of sp³-hybridized carbons (Fsp3) is 0.500. The third-order valence-electron chi connectivity index (χ3n) is 3.63. The SMILES string of the molecule is Cc1cc(C)nc(O[C@@H]2CCN(S(=O)(=O)c3cn(C)cn3)C2)n1. The molecule has 0 radical (unpaired) electrons. The Morgan fingerprint density at radius 3 is 2.57 bits per heavy atom. The zero-order chi connectivity index (χ0) is 16.6. The number of hydrogen-bond acceptors (Lipinski definition) is 6. The predicted octanol–water partition coefficient (Wildman–Crippen LogP) is 0.669. The second-order valence-electron chi connectivity index (χ2n) is 5.70. The molecule has 1 fully saturated rings. The van der Waals surface area contributed by atoms with Crippen molar-refractivity contribution in [3.05, 3.63) is 30.0 Å². The topological polar surface area (TPSA) is 90.2 Å². The molecule has 3 heterocycles. The van der Waals surface area contributed by atoms with Crippen LogP contribution in [0.15, 0.2) is 23.6 Å². The largest absolute Gasteiger partial charge is 0.459 e. The summed E-state index contributed by atoms with van der Waals surface area (Å²) in [5, 5.41) is 0.0586. The molecule has 124 valence electrons. The van der Waals surface area contributed by atoms with Gasteiger partial charge in [-0.15, -0.1) is 0 Å². The lowest BCUT2D eigenvalue weighted by Gasteiger charge is -2.15. The minimum atomic E-state index is -3.58. The Morgan fingerprint density at radius 2 is 1.96 bits per heavy atom. The van der Waals surface area contributed by atoms with Gasteiger partial charge in [0.1, 0.15) is 6.10 Å². The van der Waals surface area contributed by atoms with E-state index < -0.39 is 10.0 Å². The zero-order valence-corrected chi connectivity index (χ0v) is 14.1. The summed E-state index contributed by atoms with van der Waals surface area (Å²) in [4.78, 5) is 12.4. The van der Waals surface area contributed by atoms with Crippen LogP contribution in [0.4, 0.5) is 0 Å². The molecule has 0 aliphatic carbocycles. The van der Waals surface area contributed by atoms with Crippen LogP contribution in [0, 0.1) is 13.8 Å². The third kappa shape index (κ3) is 3.35. The lowest BCUT2D eigenvalue weighted by atomic mass is 10.3. The summed E-state index contributed by atoms with van der Waals surface area (Å²) in [6.07, 6.45) is 3.31. The van der Waals surface area contributed by atoms with E-state index in [-0.39, 0.29) is 17.7 Å². The van der Waals surface area contributed by atoms with Gasteiger partial charge in [0.25, 0.3) is 10.0 Å². The number of ether oxygens (including phenoxy) is 1. The van der Waals surface area contributed by atoms with E-state index in [9.17, 15) is 8.42 Å². The van der Waals surface area contributed by atoms with Crippen LogP contribution in [0.1, 0.15) is 17.8 Å². The van der Waals surface area contributed by atoms with Crippen molar-refractivity contribution >= 4 is 10.0 Å². The summed E-state index contributed by atoms with van der Waals surface area (Å²) >= 11 is 0. The van der Waals surface area contributed by atoms with Gasteiger partial charge in [-0.1, -0.05) is 0 Å². The van der Waals surface area contributed by atoms with E-state index in [0.717, 1.165) is 11.4 Å². The minimum absolute atomic E-state index is 0.0586. The molecular formula is C14H19N5O3S. The van der Waals surface area contributed by atoms with Gasteiger partial charge in [0.2, 0.25) is 0 Å². The molecule has 1 saturated heterocycles. The highest BCUT2D eigenvalue weighted by Gasteiger charge is 2.35. The molecular weight excluding hydrogens is 318 g/mol. The van der Waals surface area contributed by atoms with Crippen molar-refractivity contribution in [2.45, 2.75) is 31.4 Å². The summed E-state index contributed by atoms with van der Waals surface area (Å²) in [5.74, 6) is 0. The van der Waals surface area contributed by atoms with E-state index in [1.165, 1.54) is 16.8 Å². The van der Waals surface area contributed by atoms with Crippen LogP contribution in [0.3, 0.4) is 0 Å². The molecule has 1 atom stereocenters. The van der Waals surface area contributed by atoms with Crippen molar-refractivity contribution in [1.29, 1.82) is 0 Å². The molecule has 0 saturated carbocycles. The normalized spacial score (nSPS) is 19.2. The van der Waals surface area contributed by atoms with Crippen LogP contribution in [0.25, 0.3) is 0 Å². The van der Waals surface area contributed by atoms with Crippen molar-refractivity contribution in [3.8, 4) is 6.01 Å². The summed E-state index contributed by atoms with van der Waals surface area (Å²) in [6.45, 7) is 4.41. The van der Waals surface area contributed by atoms with Gasteiger partial charge in [-0.2, -0.15) is 4.31 Å². The van der Waals surface area contributed by atoms with Crippen LogP contribution in [0.2, 0.25) is 0 Å². The van der Waals surface area contributed by atoms with Crippen molar-refractivity contribution in [2.75, 3.05) is 13.1 Å². The molecule has 0 N–H and O–H groups in total. The first-order chi connectivity index (χ1) is 10.8. The van der Waals surface area contributed by atoms with Gasteiger partial charge in [0, 0.05) is 31.2 Å². The van der Waals surface area contributed by atoms with Gasteiger partial charge in [-0.25, -0.2) is 23.4 Å². The zero-order valence-electron chi connectivity index (χ0n) is 13.3. The number of sulfonamides is 1. The average molecular weight is 337 g/mol. The van der Waals surface area contributed by atoms with Crippen molar-refractivity contribution in [2.24, 2.45) is 7.05 Å². The fourth-order valence-corrected chi connectivity index (χ4v) is 4.01. The molecule has 0 aromatic carbocycles. The van der Waals surface area contributed by atoms with E-state index in [1.54, 1.807) is 11.6 Å². The molecule has 0 unspecified atom stereocenters. The number of aromatic nitrogens is 4. The quantitative estimate of drug-likeness (QED) is 0.814. The monoisotopic (exact) mass is 337 g/mol. The molecule has 2 aromatic rings. The summed E-state index contributed by atoms with van der Waals surface area (Å²) in [5.41, 5.74) is 1.65. The lowest BCUT2D eigenvalue weighted by Crippen LogP contribution is -2.31. The highest BCUT2D eigenvalue weighted by Crippen LogP contribution is 2.22. The van der Waals surface area contributed by atoms with Gasteiger partial charge < -0.3 is 9.30 Å². The predicted molar refractivity (Wildman–Crippen MR) is 82.5 cm³/mol. The Hall–Kier alpha value is -2.00. The first-order valence-electron chi connectivity index (χ1n) is 7.31. The summed E-state index contributed by atoms with van der Waals surface area (Å²) < 4.78 is 33.8. The van der Waals surface area contributed by atoms with Crippen molar-refractivity contribution in [3.63, 3.8) is 0 Å². The van der Waals surface area contributed by atoms with Gasteiger partial charge in [0.15, 0.2) is 5.03 Å². The summed E-state index contributed by atoms with van der Waals surface area (Å²) in [6, 6.07) is 2.16. The van der Waals surface area contributed by atoms with Gasteiger partial charge in [0.05, 0.1) is 12.9 Å². The molecule has 3 rings (SSSR count). The Morgan fingerprint density at radius 1 is 1.26 bits per heavy atom. The molecule has 8 nitrogen and oxygen atoms in total. The summed E-state index contributed by atoms with van der Waals surface area (Å²) in [7, 11) is -1.84. The van der Waals surface area contributed by atoms with Gasteiger partial charge in [-0.3, -0.25) is 0 Å². The van der Waals surface area contributed by atoms with Crippen LogP contribution >= 0.6 is 0 Å². The first kappa shape index (κ1) is 15.9. The Labute approximate surface area is 135 Å². The molecule has 9 heteroatoms. The van der Waals surface area contributed by atoms with Crippen LogP contribution in [0.5, 0.6) is 6.01 Å². The number of aryl methyl sites for hydroxylation is 3. The van der Waals surface area contributed by atoms with Crippen LogP contribution < -0.4 is 4.74 Å². The molecule has 1 aliphatic rings. The second kappa shape index (κ2) is 5.89. The highest BCUT2D eigenvalue weighted by atomic mass is 32.2. The smallest absolute Gasteiger partial charge is 0.317 e. The van der Waals surface area contributed by atoms with E-state index in [4.69, 9.17) is 4.74 Å². The van der Waals surface area contributed by atoms with Crippen LogP contribution in [-0.2, 0) is 17.1 Å². The van der Waals surface area contributed by atoms with Gasteiger partial charge in [-0.05, 0) is 26.3 Å². The van der Waals surface area contributed by atoms with E-state index in [0.29, 0.717) is 19.0 Å². The maximum absolute atomic E-state index is 12.5. The number of rotatable bonds is 4. The molecule has 1 aliphatic heterocycles. The maximum Gasteiger partial charge on any atom is 0.317 e. The Bertz CT molecular complexity index is 797. The Balaban J connectivity index is 1.71. The Kier molecular flexibility index (Phi) is 4.07. The first-order valence-corrected chi connectivity index (χ1v) is 8.75. The van der Waals surface area contributed by atoms with Crippen LogP contribution in [-0.4, -0.2) is 51.4 Å². The van der Waals surface area contributed by atoms with Crippen molar-refractivity contribution in [1.82, 2.24) is 23.8 Å². The number of hydrogen-bond donors (Lipinski definition) is 0. The average Bonchev–Trinajstić information content (AvgIpc) is 3.07.